The molecule has 0 bridgehead atoms. The van der Waals surface area contributed by atoms with E-state index in [0.29, 0.717) is 12.1 Å². The number of rotatable bonds is 9. The largest absolute Gasteiger partial charge is 0.453 e. The second-order valence-corrected chi connectivity index (χ2v) is 9.80. The van der Waals surface area contributed by atoms with Crippen LogP contribution >= 0.6 is 0 Å². The van der Waals surface area contributed by atoms with Crippen LogP contribution in [0.1, 0.15) is 62.8 Å². The van der Waals surface area contributed by atoms with Crippen LogP contribution in [-0.4, -0.2) is 31.2 Å². The molecule has 0 atom stereocenters. The van der Waals surface area contributed by atoms with E-state index >= 15 is 0 Å². The van der Waals surface area contributed by atoms with Crippen molar-refractivity contribution < 1.29 is 18.3 Å². The number of unbranched alkanes of at least 4 members (excludes halogenated alkanes) is 1. The van der Waals surface area contributed by atoms with Crippen molar-refractivity contribution in [2.24, 2.45) is 5.41 Å². The van der Waals surface area contributed by atoms with Crippen molar-refractivity contribution in [2.75, 3.05) is 25.1 Å². The van der Waals surface area contributed by atoms with E-state index in [9.17, 15) is 13.6 Å². The quantitative estimate of drug-likeness (QED) is 0.431. The van der Waals surface area contributed by atoms with E-state index in [1.165, 1.54) is 35.3 Å². The van der Waals surface area contributed by atoms with Gasteiger partial charge in [-0.15, -0.1) is 0 Å². The maximum atomic E-state index is 13.8. The highest BCUT2D eigenvalue weighted by Gasteiger charge is 2.30. The lowest BCUT2D eigenvalue weighted by atomic mass is 9.90. The lowest BCUT2D eigenvalue weighted by Gasteiger charge is -2.29. The summed E-state index contributed by atoms with van der Waals surface area (Å²) in [7, 11) is 1.33. The summed E-state index contributed by atoms with van der Waals surface area (Å²) in [5, 5.41) is 0. The Morgan fingerprint density at radius 1 is 1.00 bits per heavy atom. The van der Waals surface area contributed by atoms with Gasteiger partial charge in [0.1, 0.15) is 11.6 Å². The Kier molecular flexibility index (Phi) is 7.98. The van der Waals surface area contributed by atoms with E-state index in [1.54, 1.807) is 0 Å². The zero-order chi connectivity index (χ0) is 24.2. The maximum Gasteiger partial charge on any atom is 0.410 e. The van der Waals surface area contributed by atoms with Gasteiger partial charge in [-0.2, -0.15) is 0 Å². The topological polar surface area (TPSA) is 32.8 Å². The van der Waals surface area contributed by atoms with Crippen molar-refractivity contribution in [1.82, 2.24) is 4.90 Å². The van der Waals surface area contributed by atoms with Gasteiger partial charge in [-0.3, -0.25) is 4.90 Å². The number of ether oxygens (including phenoxy) is 1. The van der Waals surface area contributed by atoms with Crippen molar-refractivity contribution in [3.8, 4) is 0 Å². The molecular weight excluding hydrogens is 422 g/mol. The molecule has 0 unspecified atom stereocenters. The third kappa shape index (κ3) is 6.24. The second kappa shape index (κ2) is 10.5. The lowest BCUT2D eigenvalue weighted by Crippen LogP contribution is -2.32. The molecule has 6 heteroatoms. The number of nitrogens with zero attached hydrogens (tertiary/aromatic N) is 2. The number of hydrogen-bond acceptors (Lipinski definition) is 3. The molecule has 1 amide bonds. The Balaban J connectivity index is 1.99. The van der Waals surface area contributed by atoms with E-state index in [2.05, 4.69) is 44.7 Å². The Morgan fingerprint density at radius 2 is 1.64 bits per heavy atom. The number of methoxy groups -OCH3 is 1. The van der Waals surface area contributed by atoms with Crippen molar-refractivity contribution >= 4 is 11.8 Å². The monoisotopic (exact) mass is 458 g/mol. The van der Waals surface area contributed by atoms with E-state index in [0.717, 1.165) is 56.1 Å². The number of hydrogen-bond donors (Lipinski definition) is 0. The zero-order valence-electron chi connectivity index (χ0n) is 20.5. The SMILES string of the molecule is CCCCN(CC)c1cc2c(cc1CN(Cc1cc(F)cc(F)c1)C(=O)OC)CC(C)(C)C2. The number of amides is 1. The van der Waals surface area contributed by atoms with Gasteiger partial charge in [0.05, 0.1) is 13.7 Å². The molecule has 0 fully saturated rings. The molecule has 0 aliphatic heterocycles. The normalized spacial score (nSPS) is 14.2. The van der Waals surface area contributed by atoms with Crippen molar-refractivity contribution in [3.63, 3.8) is 0 Å². The smallest absolute Gasteiger partial charge is 0.410 e. The summed E-state index contributed by atoms with van der Waals surface area (Å²) >= 11 is 0. The Hall–Kier alpha value is -2.63. The summed E-state index contributed by atoms with van der Waals surface area (Å²) in [6.45, 7) is 11.0. The fourth-order valence-electron chi connectivity index (χ4n) is 4.81. The van der Waals surface area contributed by atoms with E-state index in [1.807, 2.05) is 0 Å². The van der Waals surface area contributed by atoms with Crippen LogP contribution < -0.4 is 4.90 Å². The van der Waals surface area contributed by atoms with Gasteiger partial charge >= 0.3 is 6.09 Å². The van der Waals surface area contributed by atoms with Gasteiger partial charge in [-0.25, -0.2) is 13.6 Å². The van der Waals surface area contributed by atoms with Crippen molar-refractivity contribution in [2.45, 2.75) is 66.5 Å². The summed E-state index contributed by atoms with van der Waals surface area (Å²) in [4.78, 5) is 16.5. The third-order valence-electron chi connectivity index (χ3n) is 6.33. The van der Waals surface area contributed by atoms with Crippen LogP contribution in [0.5, 0.6) is 0 Å². The number of halogens is 2. The molecular formula is C27H36F2N2O2. The molecule has 0 saturated heterocycles. The van der Waals surface area contributed by atoms with Gasteiger partial charge in [-0.05, 0) is 72.1 Å². The maximum absolute atomic E-state index is 13.8. The van der Waals surface area contributed by atoms with Gasteiger partial charge in [0.25, 0.3) is 0 Å². The van der Waals surface area contributed by atoms with Gasteiger partial charge in [0.15, 0.2) is 0 Å². The minimum Gasteiger partial charge on any atom is -0.453 e. The number of fused-ring (bicyclic) bond motifs is 1. The molecule has 2 aromatic rings. The first-order chi connectivity index (χ1) is 15.7. The van der Waals surface area contributed by atoms with Gasteiger partial charge in [0.2, 0.25) is 0 Å². The van der Waals surface area contributed by atoms with Crippen molar-refractivity contribution in [1.29, 1.82) is 0 Å². The van der Waals surface area contributed by atoms with Crippen LogP contribution in [0, 0.1) is 17.0 Å². The van der Waals surface area contributed by atoms with Crippen LogP contribution in [0.15, 0.2) is 30.3 Å². The zero-order valence-corrected chi connectivity index (χ0v) is 20.5. The molecule has 0 N–H and O–H groups in total. The summed E-state index contributed by atoms with van der Waals surface area (Å²) < 4.78 is 32.5. The molecule has 0 radical (unpaired) electrons. The van der Waals surface area contributed by atoms with Crippen LogP contribution in [0.3, 0.4) is 0 Å². The molecule has 4 nitrogen and oxygen atoms in total. The highest BCUT2D eigenvalue weighted by atomic mass is 19.1. The molecule has 1 aliphatic carbocycles. The van der Waals surface area contributed by atoms with Crippen LogP contribution in [0.4, 0.5) is 19.3 Å². The Morgan fingerprint density at radius 3 is 2.21 bits per heavy atom. The van der Waals surface area contributed by atoms with Crippen molar-refractivity contribution in [3.05, 3.63) is 64.2 Å². The standard InChI is InChI=1S/C27H36F2N2O2/c1-6-8-9-30(7-2)25-13-21-16-27(3,4)15-20(21)12-22(25)18-31(26(32)33-5)17-19-10-23(28)14-24(29)11-19/h10-14H,6-9,15-18H2,1-5H3. The average Bonchev–Trinajstić information content (AvgIpc) is 3.05. The molecule has 0 saturated carbocycles. The molecule has 2 aromatic carbocycles. The molecule has 0 aromatic heterocycles. The summed E-state index contributed by atoms with van der Waals surface area (Å²) in [5.74, 6) is -1.32. The predicted octanol–water partition coefficient (Wildman–Crippen LogP) is 6.48. The summed E-state index contributed by atoms with van der Waals surface area (Å²) in [6, 6.07) is 7.85. The van der Waals surface area contributed by atoms with Crippen LogP contribution in [-0.2, 0) is 30.7 Å². The van der Waals surface area contributed by atoms with E-state index < -0.39 is 17.7 Å². The Labute approximate surface area is 196 Å². The summed E-state index contributed by atoms with van der Waals surface area (Å²) in [6.07, 6.45) is 3.68. The molecule has 0 heterocycles. The minimum absolute atomic E-state index is 0.0600. The van der Waals surface area contributed by atoms with Crippen LogP contribution in [0.25, 0.3) is 0 Å². The molecule has 0 spiro atoms. The highest BCUT2D eigenvalue weighted by molar-refractivity contribution is 5.68. The lowest BCUT2D eigenvalue weighted by molar-refractivity contribution is 0.118. The predicted molar refractivity (Wildman–Crippen MR) is 128 cm³/mol. The number of benzene rings is 2. The molecule has 3 rings (SSSR count). The van der Waals surface area contributed by atoms with Crippen LogP contribution in [0.2, 0.25) is 0 Å². The fraction of sp³-hybridized carbons (Fsp3) is 0.519. The van der Waals surface area contributed by atoms with E-state index in [4.69, 9.17) is 4.74 Å². The van der Waals surface area contributed by atoms with E-state index in [-0.39, 0.29) is 12.0 Å². The highest BCUT2D eigenvalue weighted by Crippen LogP contribution is 2.40. The molecule has 1 aliphatic rings. The first-order valence-electron chi connectivity index (χ1n) is 11.8. The number of anilines is 1. The molecule has 180 valence electrons. The van der Waals surface area contributed by atoms with Gasteiger partial charge in [0, 0.05) is 31.4 Å². The fourth-order valence-corrected chi connectivity index (χ4v) is 4.81. The summed E-state index contributed by atoms with van der Waals surface area (Å²) in [5.41, 5.74) is 5.44. The Bertz CT molecular complexity index is 970. The van der Waals surface area contributed by atoms with Gasteiger partial charge in [-0.1, -0.05) is 33.3 Å². The first-order valence-corrected chi connectivity index (χ1v) is 11.8. The number of carbonyl (C=O) groups excluding carboxylic acids is 1. The first kappa shape index (κ1) is 25.0. The third-order valence-corrected chi connectivity index (χ3v) is 6.33. The average molecular weight is 459 g/mol. The molecule has 33 heavy (non-hydrogen) atoms. The second-order valence-electron chi connectivity index (χ2n) is 9.80. The number of carbonyl (C=O) groups is 1. The van der Waals surface area contributed by atoms with Gasteiger partial charge < -0.3 is 9.64 Å². The minimum atomic E-state index is -0.660.